The standard InChI is InChI=1S/C9H17N3O/c1-9(2,6-10)8-7(13-4)5-11-12(8)3/h5H,6,10H2,1-4H3. The van der Waals surface area contributed by atoms with Gasteiger partial charge in [-0.25, -0.2) is 0 Å². The lowest BCUT2D eigenvalue weighted by atomic mass is 9.89. The van der Waals surface area contributed by atoms with E-state index in [2.05, 4.69) is 18.9 Å². The third-order valence-electron chi connectivity index (χ3n) is 2.28. The summed E-state index contributed by atoms with van der Waals surface area (Å²) in [5.41, 5.74) is 6.63. The van der Waals surface area contributed by atoms with Crippen molar-refractivity contribution in [3.63, 3.8) is 0 Å². The molecule has 2 N–H and O–H groups in total. The molecule has 1 rings (SSSR count). The van der Waals surface area contributed by atoms with E-state index in [1.807, 2.05) is 11.7 Å². The second-order valence-corrected chi connectivity index (χ2v) is 3.77. The fourth-order valence-corrected chi connectivity index (χ4v) is 1.43. The number of nitrogens with two attached hydrogens (primary N) is 1. The van der Waals surface area contributed by atoms with Gasteiger partial charge >= 0.3 is 0 Å². The van der Waals surface area contributed by atoms with Gasteiger partial charge in [-0.05, 0) is 0 Å². The van der Waals surface area contributed by atoms with Crippen LogP contribution in [0.1, 0.15) is 19.5 Å². The minimum absolute atomic E-state index is 0.101. The molecule has 0 bridgehead atoms. The Morgan fingerprint density at radius 2 is 2.23 bits per heavy atom. The molecule has 4 heteroatoms. The summed E-state index contributed by atoms with van der Waals surface area (Å²) in [5.74, 6) is 0.804. The smallest absolute Gasteiger partial charge is 0.160 e. The van der Waals surface area contributed by atoms with E-state index in [0.29, 0.717) is 6.54 Å². The number of hydrogen-bond donors (Lipinski definition) is 1. The molecule has 74 valence electrons. The monoisotopic (exact) mass is 183 g/mol. The van der Waals surface area contributed by atoms with E-state index in [1.165, 1.54) is 0 Å². The molecule has 0 amide bonds. The summed E-state index contributed by atoms with van der Waals surface area (Å²) in [5, 5.41) is 4.14. The lowest BCUT2D eigenvalue weighted by Crippen LogP contribution is -2.31. The van der Waals surface area contributed by atoms with Gasteiger partial charge in [-0.3, -0.25) is 4.68 Å². The number of aromatic nitrogens is 2. The molecule has 0 aromatic carbocycles. The Morgan fingerprint density at radius 1 is 1.62 bits per heavy atom. The molecule has 0 radical (unpaired) electrons. The Hall–Kier alpha value is -1.03. The van der Waals surface area contributed by atoms with Crippen molar-refractivity contribution in [2.75, 3.05) is 13.7 Å². The predicted octanol–water partition coefficient (Wildman–Crippen LogP) is 0.665. The fraction of sp³-hybridized carbons (Fsp3) is 0.667. The molecule has 1 aromatic rings. The van der Waals surface area contributed by atoms with Gasteiger partial charge in [-0.1, -0.05) is 13.8 Å². The van der Waals surface area contributed by atoms with Crippen molar-refractivity contribution in [2.24, 2.45) is 12.8 Å². The van der Waals surface area contributed by atoms with Crippen LogP contribution in [0.15, 0.2) is 6.20 Å². The van der Waals surface area contributed by atoms with Crippen molar-refractivity contribution in [1.82, 2.24) is 9.78 Å². The minimum atomic E-state index is -0.101. The molecule has 0 spiro atoms. The van der Waals surface area contributed by atoms with Gasteiger partial charge in [0.25, 0.3) is 0 Å². The summed E-state index contributed by atoms with van der Waals surface area (Å²) in [6, 6.07) is 0. The zero-order chi connectivity index (χ0) is 10.1. The van der Waals surface area contributed by atoms with Crippen molar-refractivity contribution in [2.45, 2.75) is 19.3 Å². The van der Waals surface area contributed by atoms with Gasteiger partial charge in [0.05, 0.1) is 19.0 Å². The summed E-state index contributed by atoms with van der Waals surface area (Å²) in [4.78, 5) is 0. The molecule has 13 heavy (non-hydrogen) atoms. The van der Waals surface area contributed by atoms with Gasteiger partial charge in [-0.15, -0.1) is 0 Å². The normalized spacial score (nSPS) is 11.8. The summed E-state index contributed by atoms with van der Waals surface area (Å²) in [6.07, 6.45) is 1.72. The number of nitrogens with zero attached hydrogens (tertiary/aromatic N) is 2. The quantitative estimate of drug-likeness (QED) is 0.749. The molecule has 0 aliphatic carbocycles. The molecule has 4 nitrogen and oxygen atoms in total. The van der Waals surface area contributed by atoms with Crippen molar-refractivity contribution in [3.8, 4) is 5.75 Å². The van der Waals surface area contributed by atoms with Gasteiger partial charge in [0, 0.05) is 19.0 Å². The molecule has 0 aliphatic rings. The fourth-order valence-electron chi connectivity index (χ4n) is 1.43. The maximum Gasteiger partial charge on any atom is 0.160 e. The third-order valence-corrected chi connectivity index (χ3v) is 2.28. The number of hydrogen-bond acceptors (Lipinski definition) is 3. The summed E-state index contributed by atoms with van der Waals surface area (Å²) in [6.45, 7) is 4.72. The summed E-state index contributed by atoms with van der Waals surface area (Å²) >= 11 is 0. The van der Waals surface area contributed by atoms with Crippen molar-refractivity contribution in [3.05, 3.63) is 11.9 Å². The van der Waals surface area contributed by atoms with E-state index >= 15 is 0 Å². The topological polar surface area (TPSA) is 53.1 Å². The van der Waals surface area contributed by atoms with Crippen molar-refractivity contribution >= 4 is 0 Å². The van der Waals surface area contributed by atoms with Crippen LogP contribution in [-0.2, 0) is 12.5 Å². The third kappa shape index (κ3) is 1.67. The maximum atomic E-state index is 5.69. The SMILES string of the molecule is COc1cnn(C)c1C(C)(C)CN. The van der Waals surface area contributed by atoms with E-state index < -0.39 is 0 Å². The van der Waals surface area contributed by atoms with E-state index in [-0.39, 0.29) is 5.41 Å². The van der Waals surface area contributed by atoms with E-state index in [4.69, 9.17) is 10.5 Å². The van der Waals surface area contributed by atoms with E-state index in [0.717, 1.165) is 11.4 Å². The number of aryl methyl sites for hydroxylation is 1. The zero-order valence-electron chi connectivity index (χ0n) is 8.66. The predicted molar refractivity (Wildman–Crippen MR) is 51.8 cm³/mol. The molecule has 1 heterocycles. The van der Waals surface area contributed by atoms with Gasteiger partial charge in [0.15, 0.2) is 5.75 Å². The Balaban J connectivity index is 3.18. The molecule has 1 aromatic heterocycles. The lowest BCUT2D eigenvalue weighted by Gasteiger charge is -2.23. The first-order valence-electron chi connectivity index (χ1n) is 4.29. The number of rotatable bonds is 3. The largest absolute Gasteiger partial charge is 0.493 e. The van der Waals surface area contributed by atoms with Gasteiger partial charge in [-0.2, -0.15) is 5.10 Å². The Bertz CT molecular complexity index is 291. The van der Waals surface area contributed by atoms with Gasteiger partial charge in [0.2, 0.25) is 0 Å². The highest BCUT2D eigenvalue weighted by atomic mass is 16.5. The first-order valence-corrected chi connectivity index (χ1v) is 4.29. The molecular weight excluding hydrogens is 166 g/mol. The molecule has 0 aliphatic heterocycles. The van der Waals surface area contributed by atoms with Crippen LogP contribution in [0.2, 0.25) is 0 Å². The summed E-state index contributed by atoms with van der Waals surface area (Å²) in [7, 11) is 3.54. The van der Waals surface area contributed by atoms with E-state index in [9.17, 15) is 0 Å². The Kier molecular flexibility index (Phi) is 2.61. The molecule has 0 atom stereocenters. The Labute approximate surface area is 78.7 Å². The first-order chi connectivity index (χ1) is 6.03. The van der Waals surface area contributed by atoms with Crippen LogP contribution in [0.3, 0.4) is 0 Å². The minimum Gasteiger partial charge on any atom is -0.493 e. The van der Waals surface area contributed by atoms with Crippen LogP contribution < -0.4 is 10.5 Å². The second kappa shape index (κ2) is 3.38. The van der Waals surface area contributed by atoms with Crippen LogP contribution in [0.25, 0.3) is 0 Å². The van der Waals surface area contributed by atoms with Crippen LogP contribution in [0.4, 0.5) is 0 Å². The van der Waals surface area contributed by atoms with Crippen LogP contribution >= 0.6 is 0 Å². The molecule has 0 saturated carbocycles. The maximum absolute atomic E-state index is 5.69. The van der Waals surface area contributed by atoms with Crippen molar-refractivity contribution < 1.29 is 4.74 Å². The molecular formula is C9H17N3O. The number of methoxy groups -OCH3 is 1. The second-order valence-electron chi connectivity index (χ2n) is 3.77. The highest BCUT2D eigenvalue weighted by molar-refractivity contribution is 5.31. The zero-order valence-corrected chi connectivity index (χ0v) is 8.66. The highest BCUT2D eigenvalue weighted by Gasteiger charge is 2.26. The Morgan fingerprint density at radius 3 is 2.69 bits per heavy atom. The summed E-state index contributed by atoms with van der Waals surface area (Å²) < 4.78 is 7.03. The van der Waals surface area contributed by atoms with E-state index in [1.54, 1.807) is 13.3 Å². The average molecular weight is 183 g/mol. The van der Waals surface area contributed by atoms with Crippen molar-refractivity contribution in [1.29, 1.82) is 0 Å². The average Bonchev–Trinajstić information content (AvgIpc) is 2.47. The van der Waals surface area contributed by atoms with Gasteiger partial charge < -0.3 is 10.5 Å². The molecule has 0 unspecified atom stereocenters. The molecule has 0 fully saturated rings. The van der Waals surface area contributed by atoms with Crippen LogP contribution in [-0.4, -0.2) is 23.4 Å². The van der Waals surface area contributed by atoms with Crippen LogP contribution in [0, 0.1) is 0 Å². The van der Waals surface area contributed by atoms with Crippen LogP contribution in [0.5, 0.6) is 5.75 Å². The lowest BCUT2D eigenvalue weighted by molar-refractivity contribution is 0.386. The number of ether oxygens (including phenoxy) is 1. The first kappa shape index (κ1) is 10.1. The van der Waals surface area contributed by atoms with Gasteiger partial charge in [0.1, 0.15) is 0 Å². The highest BCUT2D eigenvalue weighted by Crippen LogP contribution is 2.29. The molecule has 0 saturated heterocycles.